The number of aromatic carboxylic acids is 1. The maximum absolute atomic E-state index is 13.4. The molecule has 4 nitrogen and oxygen atoms in total. The lowest BCUT2D eigenvalue weighted by Gasteiger charge is -2.08. The van der Waals surface area contributed by atoms with Gasteiger partial charge < -0.3 is 10.4 Å². The number of carbonyl (C=O) groups is 1. The third kappa shape index (κ3) is 2.65. The van der Waals surface area contributed by atoms with Crippen LogP contribution in [0.4, 0.5) is 24.5 Å². The van der Waals surface area contributed by atoms with Crippen molar-refractivity contribution in [3.05, 3.63) is 53.6 Å². The molecule has 1 aromatic heterocycles. The number of hydrogen-bond donors (Lipinski definition) is 2. The van der Waals surface area contributed by atoms with Crippen molar-refractivity contribution in [2.75, 3.05) is 5.32 Å². The number of benzene rings is 1. The van der Waals surface area contributed by atoms with Gasteiger partial charge in [0, 0.05) is 0 Å². The van der Waals surface area contributed by atoms with Gasteiger partial charge in [-0.1, -0.05) is 0 Å². The Morgan fingerprint density at radius 3 is 2.42 bits per heavy atom. The topological polar surface area (TPSA) is 62.2 Å². The SMILES string of the molecule is O=C(O)c1ccc(Nc2ccc(F)c(F)c2F)cn1. The van der Waals surface area contributed by atoms with Gasteiger partial charge in [0.15, 0.2) is 17.5 Å². The number of pyridine rings is 1. The molecule has 0 saturated carbocycles. The van der Waals surface area contributed by atoms with Crippen LogP contribution in [-0.4, -0.2) is 16.1 Å². The van der Waals surface area contributed by atoms with Crippen molar-refractivity contribution in [1.82, 2.24) is 4.98 Å². The van der Waals surface area contributed by atoms with E-state index in [1.54, 1.807) is 0 Å². The molecule has 0 amide bonds. The van der Waals surface area contributed by atoms with E-state index in [4.69, 9.17) is 5.11 Å². The maximum Gasteiger partial charge on any atom is 0.354 e. The summed E-state index contributed by atoms with van der Waals surface area (Å²) in [6.07, 6.45) is 1.14. The minimum absolute atomic E-state index is 0.184. The third-order valence-corrected chi connectivity index (χ3v) is 2.30. The smallest absolute Gasteiger partial charge is 0.354 e. The predicted octanol–water partition coefficient (Wildman–Crippen LogP) is 2.94. The van der Waals surface area contributed by atoms with Crippen molar-refractivity contribution in [2.24, 2.45) is 0 Å². The first-order chi connectivity index (χ1) is 8.99. The average molecular weight is 268 g/mol. The number of nitrogens with one attached hydrogen (secondary N) is 1. The van der Waals surface area contributed by atoms with E-state index in [0.717, 1.165) is 18.3 Å². The lowest BCUT2D eigenvalue weighted by Crippen LogP contribution is -2.02. The number of nitrogens with zero attached hydrogens (tertiary/aromatic N) is 1. The lowest BCUT2D eigenvalue weighted by molar-refractivity contribution is 0.0690. The van der Waals surface area contributed by atoms with Crippen molar-refractivity contribution in [2.45, 2.75) is 0 Å². The summed E-state index contributed by atoms with van der Waals surface area (Å²) in [5.74, 6) is -5.43. The summed E-state index contributed by atoms with van der Waals surface area (Å²) in [6.45, 7) is 0. The first-order valence-corrected chi connectivity index (χ1v) is 5.09. The van der Waals surface area contributed by atoms with Gasteiger partial charge in [-0.15, -0.1) is 0 Å². The highest BCUT2D eigenvalue weighted by molar-refractivity contribution is 5.85. The first kappa shape index (κ1) is 12.9. The number of hydrogen-bond acceptors (Lipinski definition) is 3. The molecule has 2 aromatic rings. The molecule has 0 aliphatic rings. The first-order valence-electron chi connectivity index (χ1n) is 5.09. The second-order valence-corrected chi connectivity index (χ2v) is 3.59. The quantitative estimate of drug-likeness (QED) is 0.840. The normalized spacial score (nSPS) is 10.3. The van der Waals surface area contributed by atoms with Gasteiger partial charge in [-0.2, -0.15) is 0 Å². The molecule has 0 saturated heterocycles. The van der Waals surface area contributed by atoms with Crippen molar-refractivity contribution < 1.29 is 23.1 Å². The molecule has 0 spiro atoms. The molecule has 98 valence electrons. The second kappa shape index (κ2) is 4.97. The summed E-state index contributed by atoms with van der Waals surface area (Å²) in [4.78, 5) is 14.2. The molecular formula is C12H7F3N2O2. The van der Waals surface area contributed by atoms with Crippen LogP contribution < -0.4 is 5.32 Å². The highest BCUT2D eigenvalue weighted by Gasteiger charge is 2.13. The van der Waals surface area contributed by atoms with Crippen molar-refractivity contribution >= 4 is 17.3 Å². The summed E-state index contributed by atoms with van der Waals surface area (Å²) >= 11 is 0. The Morgan fingerprint density at radius 2 is 1.84 bits per heavy atom. The van der Waals surface area contributed by atoms with E-state index in [0.29, 0.717) is 0 Å². The highest BCUT2D eigenvalue weighted by Crippen LogP contribution is 2.23. The molecule has 0 aliphatic carbocycles. The predicted molar refractivity (Wildman–Crippen MR) is 60.8 cm³/mol. The molecule has 1 aromatic carbocycles. The van der Waals surface area contributed by atoms with Gasteiger partial charge in [-0.3, -0.25) is 0 Å². The van der Waals surface area contributed by atoms with E-state index >= 15 is 0 Å². The number of carboxylic acids is 1. The van der Waals surface area contributed by atoms with Crippen LogP contribution in [0.25, 0.3) is 0 Å². The van der Waals surface area contributed by atoms with Gasteiger partial charge in [0.1, 0.15) is 5.69 Å². The fraction of sp³-hybridized carbons (Fsp3) is 0. The Balaban J connectivity index is 2.26. The highest BCUT2D eigenvalue weighted by atomic mass is 19.2. The van der Waals surface area contributed by atoms with E-state index in [1.165, 1.54) is 12.1 Å². The number of rotatable bonds is 3. The Morgan fingerprint density at radius 1 is 1.11 bits per heavy atom. The zero-order chi connectivity index (χ0) is 14.0. The van der Waals surface area contributed by atoms with Crippen LogP contribution in [-0.2, 0) is 0 Å². The number of aromatic nitrogens is 1. The largest absolute Gasteiger partial charge is 0.477 e. The standard InChI is InChI=1S/C12H7F3N2O2/c13-7-2-4-8(11(15)10(7)14)17-6-1-3-9(12(18)19)16-5-6/h1-5,17H,(H,18,19). The van der Waals surface area contributed by atoms with E-state index in [2.05, 4.69) is 10.3 Å². The van der Waals surface area contributed by atoms with Crippen molar-refractivity contribution in [3.63, 3.8) is 0 Å². The zero-order valence-corrected chi connectivity index (χ0v) is 9.32. The molecule has 0 atom stereocenters. The van der Waals surface area contributed by atoms with Crippen molar-refractivity contribution in [1.29, 1.82) is 0 Å². The molecule has 2 N–H and O–H groups in total. The van der Waals surface area contributed by atoms with E-state index < -0.39 is 23.4 Å². The van der Waals surface area contributed by atoms with Crippen LogP contribution in [0, 0.1) is 17.5 Å². The number of halogens is 3. The molecule has 7 heteroatoms. The van der Waals surface area contributed by atoms with Crippen LogP contribution in [0.5, 0.6) is 0 Å². The van der Waals surface area contributed by atoms with Gasteiger partial charge in [0.2, 0.25) is 0 Å². The summed E-state index contributed by atoms with van der Waals surface area (Å²) in [7, 11) is 0. The number of carboxylic acid groups (broad SMARTS) is 1. The minimum atomic E-state index is -1.58. The van der Waals surface area contributed by atoms with E-state index in [9.17, 15) is 18.0 Å². The third-order valence-electron chi connectivity index (χ3n) is 2.30. The molecule has 19 heavy (non-hydrogen) atoms. The number of anilines is 2. The Bertz CT molecular complexity index is 630. The maximum atomic E-state index is 13.4. The van der Waals surface area contributed by atoms with Crippen LogP contribution in [0.2, 0.25) is 0 Å². The molecular weight excluding hydrogens is 261 g/mol. The summed E-state index contributed by atoms with van der Waals surface area (Å²) < 4.78 is 39.1. The van der Waals surface area contributed by atoms with Gasteiger partial charge in [-0.25, -0.2) is 22.9 Å². The molecule has 2 rings (SSSR count). The van der Waals surface area contributed by atoms with Crippen molar-refractivity contribution in [3.8, 4) is 0 Å². The van der Waals surface area contributed by atoms with Gasteiger partial charge >= 0.3 is 5.97 Å². The molecule has 0 fully saturated rings. The summed E-state index contributed by atoms with van der Waals surface area (Å²) in [5, 5.41) is 11.1. The van der Waals surface area contributed by atoms with Gasteiger partial charge in [-0.05, 0) is 24.3 Å². The van der Waals surface area contributed by atoms with E-state index in [-0.39, 0.29) is 17.1 Å². The molecule has 0 radical (unpaired) electrons. The van der Waals surface area contributed by atoms with Gasteiger partial charge in [0.05, 0.1) is 17.6 Å². The average Bonchev–Trinajstić information content (AvgIpc) is 2.40. The van der Waals surface area contributed by atoms with Crippen LogP contribution in [0.3, 0.4) is 0 Å². The fourth-order valence-electron chi connectivity index (χ4n) is 1.37. The lowest BCUT2D eigenvalue weighted by atomic mass is 10.2. The van der Waals surface area contributed by atoms with E-state index in [1.807, 2.05) is 0 Å². The summed E-state index contributed by atoms with van der Waals surface area (Å²) in [6, 6.07) is 4.33. The van der Waals surface area contributed by atoms with Crippen LogP contribution >= 0.6 is 0 Å². The van der Waals surface area contributed by atoms with Crippen LogP contribution in [0.15, 0.2) is 30.5 Å². The van der Waals surface area contributed by atoms with Gasteiger partial charge in [0.25, 0.3) is 0 Å². The monoisotopic (exact) mass is 268 g/mol. The molecule has 0 aliphatic heterocycles. The summed E-state index contributed by atoms with van der Waals surface area (Å²) in [5.41, 5.74) is -0.213. The minimum Gasteiger partial charge on any atom is -0.477 e. The fourth-order valence-corrected chi connectivity index (χ4v) is 1.37. The zero-order valence-electron chi connectivity index (χ0n) is 9.32. The second-order valence-electron chi connectivity index (χ2n) is 3.59. The van der Waals surface area contributed by atoms with Crippen LogP contribution in [0.1, 0.15) is 10.5 Å². The molecule has 0 bridgehead atoms. The molecule has 1 heterocycles. The Hall–Kier alpha value is -2.57. The Labute approximate surface area is 105 Å². The Kier molecular flexibility index (Phi) is 3.37. The molecule has 0 unspecified atom stereocenters.